The molecule has 1 aromatic carbocycles. The molecule has 3 rings (SSSR count). The van der Waals surface area contributed by atoms with E-state index in [2.05, 4.69) is 10.4 Å². The predicted octanol–water partition coefficient (Wildman–Crippen LogP) is 3.45. The predicted molar refractivity (Wildman–Crippen MR) is 92.1 cm³/mol. The molecule has 1 aliphatic rings. The third-order valence-corrected chi connectivity index (χ3v) is 5.25. The first-order valence-corrected chi connectivity index (χ1v) is 9.26. The van der Waals surface area contributed by atoms with Gasteiger partial charge in [-0.2, -0.15) is 5.10 Å². The summed E-state index contributed by atoms with van der Waals surface area (Å²) in [5, 5.41) is 7.24. The Morgan fingerprint density at radius 1 is 1.38 bits per heavy atom. The number of aromatic nitrogens is 2. The van der Waals surface area contributed by atoms with Crippen LogP contribution in [-0.2, 0) is 27.8 Å². The Kier molecular flexibility index (Phi) is 4.25. The molecule has 2 heterocycles. The van der Waals surface area contributed by atoms with Crippen molar-refractivity contribution in [2.45, 2.75) is 37.8 Å². The largest absolute Gasteiger partial charge is 0.306 e. The fourth-order valence-electron chi connectivity index (χ4n) is 2.63. The molecule has 1 aromatic heterocycles. The van der Waals surface area contributed by atoms with Crippen LogP contribution in [0.25, 0.3) is 0 Å². The number of nitrogens with one attached hydrogen (secondary N) is 1. The van der Waals surface area contributed by atoms with Gasteiger partial charge in [0.25, 0.3) is 5.91 Å². The smallest absolute Gasteiger partial charge is 0.261 e. The number of hydrogen-bond donors (Lipinski definition) is 1. The number of amides is 1. The highest BCUT2D eigenvalue weighted by atomic mass is 35.5. The van der Waals surface area contributed by atoms with E-state index in [1.165, 1.54) is 18.2 Å². The summed E-state index contributed by atoms with van der Waals surface area (Å²) in [6.45, 7) is 5.83. The van der Waals surface area contributed by atoms with Gasteiger partial charge in [-0.3, -0.25) is 9.00 Å². The Morgan fingerprint density at radius 2 is 2.08 bits per heavy atom. The Balaban J connectivity index is 2.04. The molecule has 0 spiro atoms. The highest BCUT2D eigenvalue weighted by molar-refractivity contribution is 7.83. The average Bonchev–Trinajstić information content (AvgIpc) is 2.96. The lowest BCUT2D eigenvalue weighted by Crippen LogP contribution is -2.28. The zero-order valence-electron chi connectivity index (χ0n) is 13.5. The zero-order valence-corrected chi connectivity index (χ0v) is 15.1. The Labute approximate surface area is 146 Å². The second kappa shape index (κ2) is 5.97. The van der Waals surface area contributed by atoms with Crippen LogP contribution in [0.5, 0.6) is 0 Å². The summed E-state index contributed by atoms with van der Waals surface area (Å²) in [6, 6.07) is 4.08. The van der Waals surface area contributed by atoms with Crippen LogP contribution >= 0.6 is 11.6 Å². The van der Waals surface area contributed by atoms with E-state index in [1.54, 1.807) is 4.68 Å². The van der Waals surface area contributed by atoms with E-state index in [9.17, 15) is 13.4 Å². The van der Waals surface area contributed by atoms with Crippen molar-refractivity contribution in [3.63, 3.8) is 0 Å². The summed E-state index contributed by atoms with van der Waals surface area (Å²) < 4.78 is 27.5. The number of benzene rings is 1. The second-order valence-electron chi connectivity index (χ2n) is 6.64. The first-order chi connectivity index (χ1) is 11.2. The summed E-state index contributed by atoms with van der Waals surface area (Å²) in [7, 11) is -1.03. The lowest BCUT2D eigenvalue weighted by atomic mass is 10.1. The number of halogens is 2. The summed E-state index contributed by atoms with van der Waals surface area (Å²) in [5.41, 5.74) is 0.837. The standard InChI is InChI=1S/C16H17ClFN3O2S/c1-16(2,3)21-14(9-7-24(23)8-12(9)20-21)19-15(22)13-10(17)5-4-6-11(13)18/h4-6H,7-8H2,1-3H3,(H,19,22)/t24-/m1/s1. The third-order valence-electron chi connectivity index (χ3n) is 3.73. The normalized spacial score (nSPS) is 17.0. The fraction of sp³-hybridized carbons (Fsp3) is 0.375. The molecule has 1 aliphatic heterocycles. The van der Waals surface area contributed by atoms with Crippen molar-refractivity contribution in [1.29, 1.82) is 0 Å². The Morgan fingerprint density at radius 3 is 2.71 bits per heavy atom. The van der Waals surface area contributed by atoms with E-state index in [0.717, 1.165) is 5.56 Å². The minimum atomic E-state index is -1.03. The minimum Gasteiger partial charge on any atom is -0.306 e. The van der Waals surface area contributed by atoms with Crippen LogP contribution in [0.2, 0.25) is 5.02 Å². The molecule has 1 atom stereocenters. The van der Waals surface area contributed by atoms with Gasteiger partial charge in [0, 0.05) is 16.4 Å². The van der Waals surface area contributed by atoms with Crippen molar-refractivity contribution >= 4 is 34.1 Å². The second-order valence-corrected chi connectivity index (χ2v) is 8.50. The molecule has 0 saturated heterocycles. The van der Waals surface area contributed by atoms with E-state index in [-0.39, 0.29) is 10.6 Å². The van der Waals surface area contributed by atoms with Crippen LogP contribution < -0.4 is 5.32 Å². The maximum Gasteiger partial charge on any atom is 0.261 e. The quantitative estimate of drug-likeness (QED) is 0.881. The van der Waals surface area contributed by atoms with Crippen molar-refractivity contribution in [1.82, 2.24) is 9.78 Å². The molecule has 0 unspecified atom stereocenters. The number of fused-ring (bicyclic) bond motifs is 1. The summed E-state index contributed by atoms with van der Waals surface area (Å²) in [4.78, 5) is 12.6. The first kappa shape index (κ1) is 17.1. The number of hydrogen-bond acceptors (Lipinski definition) is 3. The Hall–Kier alpha value is -1.73. The third kappa shape index (κ3) is 2.98. The van der Waals surface area contributed by atoms with E-state index in [1.807, 2.05) is 20.8 Å². The van der Waals surface area contributed by atoms with Gasteiger partial charge in [0.1, 0.15) is 11.6 Å². The highest BCUT2D eigenvalue weighted by Crippen LogP contribution is 2.33. The summed E-state index contributed by atoms with van der Waals surface area (Å²) in [5.74, 6) is -0.202. The van der Waals surface area contributed by atoms with E-state index < -0.39 is 28.1 Å². The molecule has 0 aliphatic carbocycles. The lowest BCUT2D eigenvalue weighted by molar-refractivity contribution is 0.102. The molecular formula is C16H17ClFN3O2S. The van der Waals surface area contributed by atoms with E-state index in [4.69, 9.17) is 11.6 Å². The highest BCUT2D eigenvalue weighted by Gasteiger charge is 2.32. The molecule has 5 nitrogen and oxygen atoms in total. The number of nitrogens with zero attached hydrogens (tertiary/aromatic N) is 2. The van der Waals surface area contributed by atoms with Crippen molar-refractivity contribution in [2.24, 2.45) is 0 Å². The van der Waals surface area contributed by atoms with Gasteiger partial charge >= 0.3 is 0 Å². The molecule has 0 radical (unpaired) electrons. The van der Waals surface area contributed by atoms with Crippen LogP contribution in [0, 0.1) is 5.82 Å². The van der Waals surface area contributed by atoms with Gasteiger partial charge < -0.3 is 5.32 Å². The van der Waals surface area contributed by atoms with Crippen molar-refractivity contribution in [3.8, 4) is 0 Å². The molecule has 0 fully saturated rings. The maximum absolute atomic E-state index is 14.0. The van der Waals surface area contributed by atoms with Crippen LogP contribution in [0.3, 0.4) is 0 Å². The van der Waals surface area contributed by atoms with Gasteiger partial charge in [0.2, 0.25) is 0 Å². The van der Waals surface area contributed by atoms with Gasteiger partial charge in [0.15, 0.2) is 0 Å². The Bertz CT molecular complexity index is 837. The van der Waals surface area contributed by atoms with Gasteiger partial charge in [-0.25, -0.2) is 9.07 Å². The van der Waals surface area contributed by atoms with Crippen molar-refractivity contribution in [3.05, 3.63) is 45.9 Å². The van der Waals surface area contributed by atoms with Crippen LogP contribution in [-0.4, -0.2) is 19.9 Å². The number of rotatable bonds is 2. The number of anilines is 1. The molecule has 0 bridgehead atoms. The van der Waals surface area contributed by atoms with Gasteiger partial charge in [-0.05, 0) is 32.9 Å². The van der Waals surface area contributed by atoms with Crippen LogP contribution in [0.1, 0.15) is 42.4 Å². The molecule has 8 heteroatoms. The SMILES string of the molecule is CC(C)(C)n1nc2c(c1NC(=O)c1c(F)cccc1Cl)C[S@@](=O)C2. The van der Waals surface area contributed by atoms with Gasteiger partial charge in [-0.15, -0.1) is 0 Å². The molecule has 2 aromatic rings. The molecule has 0 saturated carbocycles. The minimum absolute atomic E-state index is 0.0366. The molecule has 128 valence electrons. The molecular weight excluding hydrogens is 353 g/mol. The lowest BCUT2D eigenvalue weighted by Gasteiger charge is -2.23. The fourth-order valence-corrected chi connectivity index (χ4v) is 4.14. The van der Waals surface area contributed by atoms with Crippen molar-refractivity contribution in [2.75, 3.05) is 5.32 Å². The maximum atomic E-state index is 14.0. The zero-order chi connectivity index (χ0) is 17.6. The number of carbonyl (C=O) groups excluding carboxylic acids is 1. The van der Waals surface area contributed by atoms with Crippen LogP contribution in [0.4, 0.5) is 10.2 Å². The van der Waals surface area contributed by atoms with Gasteiger partial charge in [0.05, 0.1) is 33.3 Å². The molecule has 24 heavy (non-hydrogen) atoms. The summed E-state index contributed by atoms with van der Waals surface area (Å²) >= 11 is 5.96. The topological polar surface area (TPSA) is 64.0 Å². The van der Waals surface area contributed by atoms with Crippen molar-refractivity contribution < 1.29 is 13.4 Å². The first-order valence-electron chi connectivity index (χ1n) is 7.40. The summed E-state index contributed by atoms with van der Waals surface area (Å²) in [6.07, 6.45) is 0. The van der Waals surface area contributed by atoms with Crippen LogP contribution in [0.15, 0.2) is 18.2 Å². The molecule has 1 N–H and O–H groups in total. The monoisotopic (exact) mass is 369 g/mol. The van der Waals surface area contributed by atoms with Gasteiger partial charge in [-0.1, -0.05) is 17.7 Å². The average molecular weight is 370 g/mol. The van der Waals surface area contributed by atoms with E-state index in [0.29, 0.717) is 23.0 Å². The number of carbonyl (C=O) groups is 1. The molecule has 1 amide bonds. The van der Waals surface area contributed by atoms with E-state index >= 15 is 0 Å².